The van der Waals surface area contributed by atoms with Crippen LogP contribution in [-0.2, 0) is 14.8 Å². The highest BCUT2D eigenvalue weighted by Crippen LogP contribution is 2.37. The zero-order valence-electron chi connectivity index (χ0n) is 19.5. The van der Waals surface area contributed by atoms with E-state index in [1.807, 2.05) is 42.3 Å². The Hall–Kier alpha value is -2.49. The maximum Gasteiger partial charge on any atom is 0.243 e. The van der Waals surface area contributed by atoms with Crippen molar-refractivity contribution in [3.8, 4) is 5.75 Å². The molecule has 2 aliphatic rings. The van der Waals surface area contributed by atoms with Gasteiger partial charge in [0, 0.05) is 51.1 Å². The van der Waals surface area contributed by atoms with E-state index in [-0.39, 0.29) is 30.4 Å². The maximum absolute atomic E-state index is 13.8. The molecular formula is C25H32FN3O4S. The summed E-state index contributed by atoms with van der Waals surface area (Å²) in [6.45, 7) is 3.67. The van der Waals surface area contributed by atoms with Crippen molar-refractivity contribution < 1.29 is 22.3 Å². The SMILES string of the molecule is CN1CCN(C(=O)C[C@@]2(COc3ccccc3)CCCN(S(=O)(=O)c3cccc(F)c3)C2)CC1. The summed E-state index contributed by atoms with van der Waals surface area (Å²) in [4.78, 5) is 17.3. The van der Waals surface area contributed by atoms with Gasteiger partial charge in [-0.05, 0) is 50.2 Å². The number of ether oxygens (including phenoxy) is 1. The number of halogens is 1. The Balaban J connectivity index is 1.56. The smallest absolute Gasteiger partial charge is 0.243 e. The molecule has 1 atom stereocenters. The summed E-state index contributed by atoms with van der Waals surface area (Å²) in [7, 11) is -1.87. The largest absolute Gasteiger partial charge is 0.493 e. The molecule has 0 aliphatic carbocycles. The summed E-state index contributed by atoms with van der Waals surface area (Å²) in [5.41, 5.74) is -0.672. The molecule has 0 aromatic heterocycles. The summed E-state index contributed by atoms with van der Waals surface area (Å²) < 4.78 is 47.9. The predicted octanol–water partition coefficient (Wildman–Crippen LogP) is 2.84. The van der Waals surface area contributed by atoms with Gasteiger partial charge in [0.05, 0.1) is 11.5 Å². The van der Waals surface area contributed by atoms with Gasteiger partial charge in [0.1, 0.15) is 11.6 Å². The number of likely N-dealkylation sites (N-methyl/N-ethyl adjacent to an activating group) is 1. The number of nitrogens with zero attached hydrogens (tertiary/aromatic N) is 3. The van der Waals surface area contributed by atoms with Crippen LogP contribution < -0.4 is 4.74 Å². The standard InChI is InChI=1S/C25H32FN3O4S/c1-27-13-15-28(16-14-27)24(30)18-25(20-33-22-8-3-2-4-9-22)11-6-12-29(19-25)34(31,32)23-10-5-7-21(26)17-23/h2-5,7-10,17H,6,11-16,18-20H2,1H3/t25-/m0/s1. The van der Waals surface area contributed by atoms with Crippen LogP contribution in [0.2, 0.25) is 0 Å². The Morgan fingerprint density at radius 1 is 1.03 bits per heavy atom. The lowest BCUT2D eigenvalue weighted by Gasteiger charge is -2.43. The molecule has 0 radical (unpaired) electrons. The van der Waals surface area contributed by atoms with Crippen LogP contribution >= 0.6 is 0 Å². The predicted molar refractivity (Wildman–Crippen MR) is 127 cm³/mol. The van der Waals surface area contributed by atoms with Gasteiger partial charge < -0.3 is 14.5 Å². The van der Waals surface area contributed by atoms with E-state index >= 15 is 0 Å². The number of piperidine rings is 1. The topological polar surface area (TPSA) is 70.2 Å². The molecule has 2 heterocycles. The Bertz CT molecular complexity index is 1090. The second-order valence-corrected chi connectivity index (χ2v) is 11.3. The van der Waals surface area contributed by atoms with E-state index in [1.54, 1.807) is 0 Å². The number of sulfonamides is 1. The molecule has 0 bridgehead atoms. The van der Waals surface area contributed by atoms with Gasteiger partial charge in [-0.25, -0.2) is 12.8 Å². The van der Waals surface area contributed by atoms with Crippen LogP contribution in [0, 0.1) is 11.2 Å². The summed E-state index contributed by atoms with van der Waals surface area (Å²) in [5.74, 6) is 0.107. The van der Waals surface area contributed by atoms with Gasteiger partial charge in [0.25, 0.3) is 0 Å². The van der Waals surface area contributed by atoms with Gasteiger partial charge in [0.15, 0.2) is 0 Å². The van der Waals surface area contributed by atoms with Crippen LogP contribution in [0.4, 0.5) is 4.39 Å². The van der Waals surface area contributed by atoms with Crippen LogP contribution in [0.15, 0.2) is 59.5 Å². The zero-order chi connectivity index (χ0) is 24.2. The average Bonchev–Trinajstić information content (AvgIpc) is 2.84. The Morgan fingerprint density at radius 3 is 2.47 bits per heavy atom. The third-order valence-electron chi connectivity index (χ3n) is 6.73. The first kappa shape index (κ1) is 24.6. The Labute approximate surface area is 201 Å². The highest BCUT2D eigenvalue weighted by molar-refractivity contribution is 7.89. The second-order valence-electron chi connectivity index (χ2n) is 9.36. The van der Waals surface area contributed by atoms with Crippen molar-refractivity contribution in [2.45, 2.75) is 24.2 Å². The highest BCUT2D eigenvalue weighted by Gasteiger charge is 2.43. The Kier molecular flexibility index (Phi) is 7.54. The van der Waals surface area contributed by atoms with Crippen molar-refractivity contribution in [1.29, 1.82) is 0 Å². The summed E-state index contributed by atoms with van der Waals surface area (Å²) in [6.07, 6.45) is 1.48. The van der Waals surface area contributed by atoms with Crippen molar-refractivity contribution in [1.82, 2.24) is 14.1 Å². The van der Waals surface area contributed by atoms with Crippen molar-refractivity contribution in [2.75, 3.05) is 52.9 Å². The number of amides is 1. The molecule has 2 aromatic rings. The van der Waals surface area contributed by atoms with E-state index in [2.05, 4.69) is 4.90 Å². The lowest BCUT2D eigenvalue weighted by molar-refractivity contribution is -0.136. The van der Waals surface area contributed by atoms with E-state index in [0.29, 0.717) is 38.2 Å². The molecule has 2 aliphatic heterocycles. The van der Waals surface area contributed by atoms with Gasteiger partial charge in [-0.15, -0.1) is 0 Å². The molecule has 2 fully saturated rings. The first-order valence-corrected chi connectivity index (χ1v) is 13.1. The van der Waals surface area contributed by atoms with Gasteiger partial charge in [-0.1, -0.05) is 24.3 Å². The van der Waals surface area contributed by atoms with Crippen LogP contribution in [0.3, 0.4) is 0 Å². The second kappa shape index (κ2) is 10.4. The minimum Gasteiger partial charge on any atom is -0.493 e. The molecule has 9 heteroatoms. The Morgan fingerprint density at radius 2 is 1.76 bits per heavy atom. The van der Waals surface area contributed by atoms with Crippen molar-refractivity contribution in [2.24, 2.45) is 5.41 Å². The molecule has 7 nitrogen and oxygen atoms in total. The van der Waals surface area contributed by atoms with Gasteiger partial charge in [-0.2, -0.15) is 4.31 Å². The van der Waals surface area contributed by atoms with Crippen molar-refractivity contribution in [3.63, 3.8) is 0 Å². The molecule has 0 spiro atoms. The third kappa shape index (κ3) is 5.76. The quantitative estimate of drug-likeness (QED) is 0.598. The van der Waals surface area contributed by atoms with E-state index in [9.17, 15) is 17.6 Å². The molecule has 0 N–H and O–H groups in total. The number of hydrogen-bond donors (Lipinski definition) is 0. The van der Waals surface area contributed by atoms with E-state index in [4.69, 9.17) is 4.74 Å². The number of carbonyl (C=O) groups is 1. The van der Waals surface area contributed by atoms with Gasteiger partial charge in [0.2, 0.25) is 15.9 Å². The van der Waals surface area contributed by atoms with E-state index < -0.39 is 21.3 Å². The molecule has 2 aromatic carbocycles. The molecule has 0 saturated carbocycles. The number of hydrogen-bond acceptors (Lipinski definition) is 5. The normalized spacial score (nSPS) is 22.5. The maximum atomic E-state index is 13.8. The first-order valence-electron chi connectivity index (χ1n) is 11.7. The first-order chi connectivity index (χ1) is 16.3. The van der Waals surface area contributed by atoms with Crippen LogP contribution in [0.5, 0.6) is 5.75 Å². The van der Waals surface area contributed by atoms with Crippen LogP contribution in [0.25, 0.3) is 0 Å². The fourth-order valence-electron chi connectivity index (χ4n) is 4.70. The number of rotatable bonds is 7. The fraction of sp³-hybridized carbons (Fsp3) is 0.480. The number of carbonyl (C=O) groups excluding carboxylic acids is 1. The molecule has 0 unspecified atom stereocenters. The van der Waals surface area contributed by atoms with Gasteiger partial charge in [-0.3, -0.25) is 4.79 Å². The fourth-order valence-corrected chi connectivity index (χ4v) is 6.32. The van der Waals surface area contributed by atoms with Crippen LogP contribution in [-0.4, -0.2) is 81.4 Å². The highest BCUT2D eigenvalue weighted by atomic mass is 32.2. The number of benzene rings is 2. The lowest BCUT2D eigenvalue weighted by Crippen LogP contribution is -2.53. The summed E-state index contributed by atoms with van der Waals surface area (Å²) >= 11 is 0. The van der Waals surface area contributed by atoms with E-state index in [1.165, 1.54) is 22.5 Å². The molecule has 184 valence electrons. The summed E-state index contributed by atoms with van der Waals surface area (Å²) in [5, 5.41) is 0. The van der Waals surface area contributed by atoms with Crippen LogP contribution in [0.1, 0.15) is 19.3 Å². The van der Waals surface area contributed by atoms with Crippen molar-refractivity contribution in [3.05, 3.63) is 60.4 Å². The average molecular weight is 490 g/mol. The molecular weight excluding hydrogens is 457 g/mol. The zero-order valence-corrected chi connectivity index (χ0v) is 20.3. The molecule has 1 amide bonds. The number of para-hydroxylation sites is 1. The third-order valence-corrected chi connectivity index (χ3v) is 8.57. The molecule has 34 heavy (non-hydrogen) atoms. The molecule has 2 saturated heterocycles. The lowest BCUT2D eigenvalue weighted by atomic mass is 9.78. The molecule has 4 rings (SSSR count). The van der Waals surface area contributed by atoms with E-state index in [0.717, 1.165) is 19.2 Å². The summed E-state index contributed by atoms with van der Waals surface area (Å²) in [6, 6.07) is 14.4. The van der Waals surface area contributed by atoms with Gasteiger partial charge >= 0.3 is 0 Å². The monoisotopic (exact) mass is 489 g/mol. The van der Waals surface area contributed by atoms with Crippen molar-refractivity contribution >= 4 is 15.9 Å². The number of piperazine rings is 1. The minimum absolute atomic E-state index is 0.0229. The minimum atomic E-state index is -3.90.